The van der Waals surface area contributed by atoms with E-state index in [0.717, 1.165) is 135 Å². The van der Waals surface area contributed by atoms with Crippen molar-refractivity contribution >= 4 is 17.9 Å². The summed E-state index contributed by atoms with van der Waals surface area (Å²) >= 11 is 0. The van der Waals surface area contributed by atoms with Crippen molar-refractivity contribution in [2.24, 2.45) is 0 Å². The van der Waals surface area contributed by atoms with E-state index in [1.165, 1.54) is 83.5 Å². The van der Waals surface area contributed by atoms with Crippen molar-refractivity contribution in [2.45, 2.75) is 271 Å². The average molecular weight is 1120 g/mol. The fourth-order valence-corrected chi connectivity index (χ4v) is 8.41. The van der Waals surface area contributed by atoms with Gasteiger partial charge >= 0.3 is 17.9 Å². The zero-order valence-electron chi connectivity index (χ0n) is 52.0. The van der Waals surface area contributed by atoms with E-state index in [-0.39, 0.29) is 37.5 Å². The van der Waals surface area contributed by atoms with Crippen LogP contribution in [0.2, 0.25) is 0 Å². The molecule has 0 bridgehead atoms. The first kappa shape index (κ1) is 75.8. The van der Waals surface area contributed by atoms with E-state index in [2.05, 4.69) is 191 Å². The quantitative estimate of drug-likeness (QED) is 0.0261. The molecule has 0 saturated carbocycles. The second-order valence-corrected chi connectivity index (χ2v) is 20.9. The van der Waals surface area contributed by atoms with Crippen molar-refractivity contribution in [1.82, 2.24) is 0 Å². The standard InChI is InChI=1S/C75H118O6/c1-4-7-10-13-16-18-20-22-24-26-28-30-32-34-36-37-39-40-42-44-46-48-50-52-54-56-59-62-65-68-74(77)80-71-72(70-79-73(76)67-64-61-58-15-12-9-6-3)81-75(78)69-66-63-60-57-55-53-51-49-47-45-43-41-38-35-33-31-29-27-25-23-21-19-17-14-11-8-5-2/h7-8,10-11,16-19,22-25,28-31,34-36,38-40,44,46,50,52,56,59,72H,4-6,9,12-15,20-21,26-27,32-33,37,41-43,45,47-49,51,53-55,57-58,60-71H2,1-3H3/b10-7-,11-8-,18-16-,19-17-,24-22-,25-23-,30-28-,31-29-,36-34-,38-35-,40-39-,46-44-,52-50-,59-56-. The number of hydrogen-bond donors (Lipinski definition) is 0. The highest BCUT2D eigenvalue weighted by molar-refractivity contribution is 5.71. The lowest BCUT2D eigenvalue weighted by Crippen LogP contribution is -2.30. The van der Waals surface area contributed by atoms with Crippen molar-refractivity contribution in [1.29, 1.82) is 0 Å². The summed E-state index contributed by atoms with van der Waals surface area (Å²) in [6, 6.07) is 0. The summed E-state index contributed by atoms with van der Waals surface area (Å²) < 4.78 is 16.8. The van der Waals surface area contributed by atoms with Gasteiger partial charge in [-0.3, -0.25) is 14.4 Å². The van der Waals surface area contributed by atoms with Crippen LogP contribution in [0.15, 0.2) is 170 Å². The molecular weight excluding hydrogens is 997 g/mol. The molecular formula is C75H118O6. The Morgan fingerprint density at radius 1 is 0.259 bits per heavy atom. The van der Waals surface area contributed by atoms with Crippen LogP contribution in [0.5, 0.6) is 0 Å². The van der Waals surface area contributed by atoms with Crippen LogP contribution >= 0.6 is 0 Å². The molecule has 0 aliphatic rings. The predicted octanol–water partition coefficient (Wildman–Crippen LogP) is 22.7. The van der Waals surface area contributed by atoms with Crippen LogP contribution in [0.3, 0.4) is 0 Å². The molecule has 0 amide bonds. The summed E-state index contributed by atoms with van der Waals surface area (Å²) in [6.07, 6.45) is 99.6. The smallest absolute Gasteiger partial charge is 0.306 e. The molecule has 0 heterocycles. The number of esters is 3. The molecule has 0 aromatic rings. The number of ether oxygens (including phenoxy) is 3. The van der Waals surface area contributed by atoms with Crippen molar-refractivity contribution in [3.8, 4) is 0 Å². The van der Waals surface area contributed by atoms with Gasteiger partial charge in [-0.25, -0.2) is 0 Å². The van der Waals surface area contributed by atoms with Crippen molar-refractivity contribution in [3.63, 3.8) is 0 Å². The third kappa shape index (κ3) is 65.5. The minimum absolute atomic E-state index is 0.103. The van der Waals surface area contributed by atoms with Gasteiger partial charge in [0.2, 0.25) is 0 Å². The molecule has 0 saturated heterocycles. The Bertz CT molecular complexity index is 1860. The maximum Gasteiger partial charge on any atom is 0.306 e. The van der Waals surface area contributed by atoms with Crippen LogP contribution in [0.4, 0.5) is 0 Å². The SMILES string of the molecule is CC/C=C\C/C=C\C/C=C\C/C=C\C/C=C\C/C=C\C/C=C\C/C=C\C/C=C\CCCC(=O)OCC(COC(=O)CCCCCCCCC)OC(=O)CCCCCCCCCCCCC/C=C\C/C=C\C/C=C\C/C=C\C/C=C\CC. The lowest BCUT2D eigenvalue weighted by Gasteiger charge is -2.18. The maximum atomic E-state index is 12.9. The third-order valence-corrected chi connectivity index (χ3v) is 13.2. The predicted molar refractivity (Wildman–Crippen MR) is 352 cm³/mol. The third-order valence-electron chi connectivity index (χ3n) is 13.2. The topological polar surface area (TPSA) is 78.9 Å². The Kier molecular flexibility index (Phi) is 62.9. The van der Waals surface area contributed by atoms with Crippen LogP contribution < -0.4 is 0 Å². The monoisotopic (exact) mass is 1110 g/mol. The van der Waals surface area contributed by atoms with Gasteiger partial charge in [-0.05, 0) is 128 Å². The molecule has 1 atom stereocenters. The molecule has 0 rings (SSSR count). The van der Waals surface area contributed by atoms with Crippen LogP contribution in [0.25, 0.3) is 0 Å². The van der Waals surface area contributed by atoms with Gasteiger partial charge in [0.1, 0.15) is 13.2 Å². The molecule has 0 N–H and O–H groups in total. The highest BCUT2D eigenvalue weighted by Gasteiger charge is 2.19. The van der Waals surface area contributed by atoms with Crippen molar-refractivity contribution in [2.75, 3.05) is 13.2 Å². The van der Waals surface area contributed by atoms with Gasteiger partial charge in [0.15, 0.2) is 6.10 Å². The Labute approximate surface area is 498 Å². The van der Waals surface area contributed by atoms with E-state index in [4.69, 9.17) is 14.2 Å². The van der Waals surface area contributed by atoms with Gasteiger partial charge < -0.3 is 14.2 Å². The van der Waals surface area contributed by atoms with E-state index < -0.39 is 6.10 Å². The van der Waals surface area contributed by atoms with Gasteiger partial charge in [0.25, 0.3) is 0 Å². The van der Waals surface area contributed by atoms with E-state index >= 15 is 0 Å². The Balaban J connectivity index is 4.28. The minimum Gasteiger partial charge on any atom is -0.462 e. The van der Waals surface area contributed by atoms with Crippen molar-refractivity contribution < 1.29 is 28.6 Å². The first-order valence-electron chi connectivity index (χ1n) is 32.6. The molecule has 0 aliphatic heterocycles. The summed E-state index contributed by atoms with van der Waals surface area (Å²) in [7, 11) is 0. The van der Waals surface area contributed by atoms with Crippen molar-refractivity contribution in [3.05, 3.63) is 170 Å². The molecule has 0 spiro atoms. The van der Waals surface area contributed by atoms with Crippen LogP contribution in [-0.4, -0.2) is 37.2 Å². The molecule has 6 nitrogen and oxygen atoms in total. The van der Waals surface area contributed by atoms with E-state index in [0.29, 0.717) is 19.3 Å². The maximum absolute atomic E-state index is 12.9. The first-order chi connectivity index (χ1) is 40.0. The van der Waals surface area contributed by atoms with Gasteiger partial charge in [0, 0.05) is 19.3 Å². The van der Waals surface area contributed by atoms with Crippen LogP contribution in [0, 0.1) is 0 Å². The fraction of sp³-hybridized carbons (Fsp3) is 0.587. The summed E-state index contributed by atoms with van der Waals surface area (Å²) in [6.45, 7) is 6.31. The second-order valence-electron chi connectivity index (χ2n) is 20.9. The molecule has 0 fully saturated rings. The fourth-order valence-electron chi connectivity index (χ4n) is 8.41. The van der Waals surface area contributed by atoms with Gasteiger partial charge in [-0.2, -0.15) is 0 Å². The zero-order chi connectivity index (χ0) is 58.5. The Hall–Kier alpha value is -5.23. The lowest BCUT2D eigenvalue weighted by atomic mass is 10.0. The molecule has 0 aliphatic carbocycles. The first-order valence-corrected chi connectivity index (χ1v) is 32.6. The Morgan fingerprint density at radius 3 is 0.802 bits per heavy atom. The van der Waals surface area contributed by atoms with E-state index in [1.54, 1.807) is 0 Å². The molecule has 0 radical (unpaired) electrons. The number of hydrogen-bond acceptors (Lipinski definition) is 6. The van der Waals surface area contributed by atoms with Gasteiger partial charge in [-0.15, -0.1) is 0 Å². The normalized spacial score (nSPS) is 13.3. The zero-order valence-corrected chi connectivity index (χ0v) is 52.0. The van der Waals surface area contributed by atoms with Gasteiger partial charge in [-0.1, -0.05) is 287 Å². The second kappa shape index (κ2) is 67.3. The molecule has 0 aromatic carbocycles. The van der Waals surface area contributed by atoms with E-state index in [9.17, 15) is 14.4 Å². The summed E-state index contributed by atoms with van der Waals surface area (Å²) in [5.74, 6) is -0.980. The molecule has 81 heavy (non-hydrogen) atoms. The van der Waals surface area contributed by atoms with Crippen LogP contribution in [0.1, 0.15) is 265 Å². The molecule has 6 heteroatoms. The highest BCUT2D eigenvalue weighted by atomic mass is 16.6. The number of carbonyl (C=O) groups is 3. The average Bonchev–Trinajstić information content (AvgIpc) is 3.47. The largest absolute Gasteiger partial charge is 0.462 e. The molecule has 0 aromatic heterocycles. The molecule has 1 unspecified atom stereocenters. The molecule has 454 valence electrons. The number of rotatable bonds is 57. The minimum atomic E-state index is -0.810. The Morgan fingerprint density at radius 2 is 0.494 bits per heavy atom. The summed E-state index contributed by atoms with van der Waals surface area (Å²) in [4.78, 5) is 38.1. The number of allylic oxidation sites excluding steroid dienone is 28. The number of carbonyl (C=O) groups excluding carboxylic acids is 3. The highest BCUT2D eigenvalue weighted by Crippen LogP contribution is 2.15. The number of unbranched alkanes of at least 4 members (excludes halogenated alkanes) is 18. The van der Waals surface area contributed by atoms with Crippen LogP contribution in [-0.2, 0) is 28.6 Å². The lowest BCUT2D eigenvalue weighted by molar-refractivity contribution is -0.167. The van der Waals surface area contributed by atoms with Gasteiger partial charge in [0.05, 0.1) is 0 Å². The summed E-state index contributed by atoms with van der Waals surface area (Å²) in [5.41, 5.74) is 0. The summed E-state index contributed by atoms with van der Waals surface area (Å²) in [5, 5.41) is 0. The van der Waals surface area contributed by atoms with E-state index in [1.807, 2.05) is 0 Å².